The van der Waals surface area contributed by atoms with Crippen LogP contribution in [0.25, 0.3) is 0 Å². The Morgan fingerprint density at radius 1 is 1.28 bits per heavy atom. The highest BCUT2D eigenvalue weighted by Gasteiger charge is 2.14. The molecule has 0 heterocycles. The monoisotopic (exact) mass is 246 g/mol. The average Bonchev–Trinajstić information content (AvgIpc) is 2.38. The largest absolute Gasteiger partial charge is 0.480 e. The number of carboxylic acids is 1. The van der Waals surface area contributed by atoms with Crippen LogP contribution in [0.5, 0.6) is 0 Å². The summed E-state index contributed by atoms with van der Waals surface area (Å²) in [6.45, 7) is 8.82. The van der Waals surface area contributed by atoms with Gasteiger partial charge in [-0.2, -0.15) is 0 Å². The van der Waals surface area contributed by atoms with E-state index in [9.17, 15) is 4.79 Å². The zero-order chi connectivity index (χ0) is 13.5. The summed E-state index contributed by atoms with van der Waals surface area (Å²) in [5.41, 5.74) is 7.10. The van der Waals surface area contributed by atoms with E-state index < -0.39 is 12.0 Å². The minimum Gasteiger partial charge on any atom is -0.480 e. The Hall–Kier alpha value is -2.07. The fraction of sp³-hybridized carbons (Fsp3) is 0.214. The summed E-state index contributed by atoms with van der Waals surface area (Å²) in [4.78, 5) is 12.8. The van der Waals surface area contributed by atoms with Gasteiger partial charge in [-0.15, -0.1) is 13.2 Å². The quantitative estimate of drug-likeness (QED) is 0.722. The van der Waals surface area contributed by atoms with Gasteiger partial charge in [-0.3, -0.25) is 4.79 Å². The zero-order valence-electron chi connectivity index (χ0n) is 10.2. The molecule has 1 unspecified atom stereocenters. The van der Waals surface area contributed by atoms with Crippen LogP contribution in [-0.4, -0.2) is 24.2 Å². The lowest BCUT2D eigenvalue weighted by molar-refractivity contribution is -0.138. The van der Waals surface area contributed by atoms with Crippen molar-refractivity contribution in [1.29, 1.82) is 0 Å². The third-order valence-corrected chi connectivity index (χ3v) is 2.58. The molecule has 18 heavy (non-hydrogen) atoms. The van der Waals surface area contributed by atoms with Gasteiger partial charge in [0.05, 0.1) is 0 Å². The van der Waals surface area contributed by atoms with Gasteiger partial charge in [-0.25, -0.2) is 0 Å². The fourth-order valence-corrected chi connectivity index (χ4v) is 1.63. The first-order valence-electron chi connectivity index (χ1n) is 5.65. The van der Waals surface area contributed by atoms with Gasteiger partial charge < -0.3 is 15.7 Å². The smallest absolute Gasteiger partial charge is 0.325 e. The van der Waals surface area contributed by atoms with E-state index in [1.807, 2.05) is 12.1 Å². The number of hydrogen-bond donors (Lipinski definition) is 2. The summed E-state index contributed by atoms with van der Waals surface area (Å²) in [7, 11) is 0. The molecule has 1 aromatic carbocycles. The minimum atomic E-state index is -1.03. The first-order valence-corrected chi connectivity index (χ1v) is 5.65. The van der Waals surface area contributed by atoms with Gasteiger partial charge in [-0.05, 0) is 17.7 Å². The molecular formula is C14H18N2O2. The highest BCUT2D eigenvalue weighted by Crippen LogP contribution is 2.18. The van der Waals surface area contributed by atoms with Crippen LogP contribution in [0.2, 0.25) is 0 Å². The van der Waals surface area contributed by atoms with Crippen molar-refractivity contribution in [2.45, 2.75) is 6.04 Å². The van der Waals surface area contributed by atoms with Gasteiger partial charge >= 0.3 is 5.97 Å². The number of rotatable bonds is 7. The number of anilines is 1. The molecule has 0 fully saturated rings. The van der Waals surface area contributed by atoms with E-state index in [4.69, 9.17) is 10.8 Å². The molecule has 3 N–H and O–H groups in total. The summed E-state index contributed by atoms with van der Waals surface area (Å²) in [5.74, 6) is -1.03. The van der Waals surface area contributed by atoms with E-state index in [1.54, 1.807) is 24.3 Å². The van der Waals surface area contributed by atoms with Crippen LogP contribution in [-0.2, 0) is 4.79 Å². The Labute approximate surface area is 107 Å². The molecule has 0 saturated heterocycles. The maximum absolute atomic E-state index is 10.8. The molecule has 4 nitrogen and oxygen atoms in total. The van der Waals surface area contributed by atoms with Crippen molar-refractivity contribution < 1.29 is 9.90 Å². The van der Waals surface area contributed by atoms with E-state index in [0.717, 1.165) is 5.69 Å². The average molecular weight is 246 g/mol. The Bertz CT molecular complexity index is 416. The lowest BCUT2D eigenvalue weighted by Gasteiger charge is -2.22. The second-order valence-electron chi connectivity index (χ2n) is 3.89. The molecule has 1 aromatic rings. The number of carboxylic acid groups (broad SMARTS) is 1. The standard InChI is InChI=1S/C14H18N2O2/c1-3-9-16(10-4-2)12-7-5-11(6-8-12)13(15)14(17)18/h3-8,13H,1-2,9-10,15H2,(H,17,18). The highest BCUT2D eigenvalue weighted by molar-refractivity contribution is 5.75. The second kappa shape index (κ2) is 6.61. The molecule has 0 aliphatic heterocycles. The first-order chi connectivity index (χ1) is 8.60. The predicted molar refractivity (Wildman–Crippen MR) is 73.6 cm³/mol. The topological polar surface area (TPSA) is 66.6 Å². The summed E-state index contributed by atoms with van der Waals surface area (Å²) >= 11 is 0. The Kier molecular flexibility index (Phi) is 5.14. The lowest BCUT2D eigenvalue weighted by Crippen LogP contribution is -2.23. The number of benzene rings is 1. The molecule has 4 heteroatoms. The van der Waals surface area contributed by atoms with Crippen molar-refractivity contribution in [3.8, 4) is 0 Å². The van der Waals surface area contributed by atoms with Crippen molar-refractivity contribution in [2.24, 2.45) is 5.73 Å². The Morgan fingerprint density at radius 3 is 2.17 bits per heavy atom. The fourth-order valence-electron chi connectivity index (χ4n) is 1.63. The van der Waals surface area contributed by atoms with E-state index in [2.05, 4.69) is 18.1 Å². The molecule has 0 amide bonds. The van der Waals surface area contributed by atoms with Gasteiger partial charge in [0.1, 0.15) is 6.04 Å². The molecule has 1 atom stereocenters. The zero-order valence-corrected chi connectivity index (χ0v) is 10.2. The Morgan fingerprint density at radius 2 is 1.78 bits per heavy atom. The molecule has 0 aliphatic rings. The number of nitrogens with two attached hydrogens (primary N) is 1. The molecule has 0 spiro atoms. The third-order valence-electron chi connectivity index (χ3n) is 2.58. The molecular weight excluding hydrogens is 228 g/mol. The molecule has 0 saturated carbocycles. The van der Waals surface area contributed by atoms with Crippen molar-refractivity contribution in [1.82, 2.24) is 0 Å². The summed E-state index contributed by atoms with van der Waals surface area (Å²) < 4.78 is 0. The highest BCUT2D eigenvalue weighted by atomic mass is 16.4. The Balaban J connectivity index is 2.89. The van der Waals surface area contributed by atoms with Crippen LogP contribution in [0.15, 0.2) is 49.6 Å². The summed E-state index contributed by atoms with van der Waals surface area (Å²) in [5, 5.41) is 8.82. The molecule has 0 radical (unpaired) electrons. The molecule has 1 rings (SSSR count). The van der Waals surface area contributed by atoms with Crippen LogP contribution in [0.1, 0.15) is 11.6 Å². The van der Waals surface area contributed by atoms with Crippen molar-refractivity contribution in [3.05, 3.63) is 55.1 Å². The van der Waals surface area contributed by atoms with Gasteiger partial charge in [0.2, 0.25) is 0 Å². The van der Waals surface area contributed by atoms with E-state index >= 15 is 0 Å². The minimum absolute atomic E-state index is 0.586. The van der Waals surface area contributed by atoms with Crippen LogP contribution < -0.4 is 10.6 Å². The van der Waals surface area contributed by atoms with Crippen molar-refractivity contribution in [2.75, 3.05) is 18.0 Å². The number of carbonyl (C=O) groups is 1. The molecule has 0 aliphatic carbocycles. The molecule has 0 aromatic heterocycles. The van der Waals surface area contributed by atoms with E-state index in [1.165, 1.54) is 0 Å². The van der Waals surface area contributed by atoms with E-state index in [0.29, 0.717) is 18.7 Å². The maximum atomic E-state index is 10.8. The molecule has 0 bridgehead atoms. The van der Waals surface area contributed by atoms with Crippen molar-refractivity contribution in [3.63, 3.8) is 0 Å². The van der Waals surface area contributed by atoms with E-state index in [-0.39, 0.29) is 0 Å². The van der Waals surface area contributed by atoms with Gasteiger partial charge in [0, 0.05) is 18.8 Å². The molecule has 96 valence electrons. The van der Waals surface area contributed by atoms with Gasteiger partial charge in [-0.1, -0.05) is 24.3 Å². The number of nitrogens with zero attached hydrogens (tertiary/aromatic N) is 1. The van der Waals surface area contributed by atoms with Crippen LogP contribution in [0.3, 0.4) is 0 Å². The summed E-state index contributed by atoms with van der Waals surface area (Å²) in [6, 6.07) is 6.18. The van der Waals surface area contributed by atoms with Crippen LogP contribution in [0.4, 0.5) is 5.69 Å². The van der Waals surface area contributed by atoms with Crippen LogP contribution >= 0.6 is 0 Å². The number of aliphatic carboxylic acids is 1. The SMILES string of the molecule is C=CCN(CC=C)c1ccc(C(N)C(=O)O)cc1. The second-order valence-corrected chi connectivity index (χ2v) is 3.89. The third kappa shape index (κ3) is 3.46. The first kappa shape index (κ1) is 14.0. The normalized spacial score (nSPS) is 11.6. The van der Waals surface area contributed by atoms with Gasteiger partial charge in [0.15, 0.2) is 0 Å². The number of hydrogen-bond acceptors (Lipinski definition) is 3. The maximum Gasteiger partial charge on any atom is 0.325 e. The van der Waals surface area contributed by atoms with Crippen LogP contribution in [0, 0.1) is 0 Å². The lowest BCUT2D eigenvalue weighted by atomic mass is 10.1. The van der Waals surface area contributed by atoms with Gasteiger partial charge in [0.25, 0.3) is 0 Å². The van der Waals surface area contributed by atoms with Crippen molar-refractivity contribution >= 4 is 11.7 Å². The predicted octanol–water partition coefficient (Wildman–Crippen LogP) is 1.95. The summed E-state index contributed by atoms with van der Waals surface area (Å²) in [6.07, 6.45) is 3.61.